The van der Waals surface area contributed by atoms with E-state index in [0.717, 1.165) is 6.42 Å². The lowest BCUT2D eigenvalue weighted by Gasteiger charge is -2.13. The van der Waals surface area contributed by atoms with Crippen LogP contribution in [-0.2, 0) is 4.74 Å². The molecule has 1 saturated heterocycles. The Kier molecular flexibility index (Phi) is 4.54. The first-order valence-corrected chi connectivity index (χ1v) is 7.03. The maximum absolute atomic E-state index is 11.2. The molecule has 0 spiro atoms. The molecule has 2 atom stereocenters. The van der Waals surface area contributed by atoms with Crippen LogP contribution in [0.25, 0.3) is 0 Å². The Balaban J connectivity index is 2.28. The van der Waals surface area contributed by atoms with Crippen LogP contribution >= 0.6 is 11.8 Å². The average Bonchev–Trinajstić information content (AvgIpc) is 2.75. The number of ether oxygens (including phenoxy) is 1. The van der Waals surface area contributed by atoms with Gasteiger partial charge in [-0.25, -0.2) is 9.97 Å². The molecule has 8 heteroatoms. The molecule has 19 heavy (non-hydrogen) atoms. The third-order valence-electron chi connectivity index (χ3n) is 2.89. The van der Waals surface area contributed by atoms with Crippen molar-refractivity contribution in [3.05, 3.63) is 16.4 Å². The van der Waals surface area contributed by atoms with Crippen LogP contribution in [0.3, 0.4) is 0 Å². The van der Waals surface area contributed by atoms with Gasteiger partial charge in [0.15, 0.2) is 5.03 Å². The van der Waals surface area contributed by atoms with Gasteiger partial charge in [-0.3, -0.25) is 10.1 Å². The van der Waals surface area contributed by atoms with Gasteiger partial charge >= 0.3 is 5.69 Å². The summed E-state index contributed by atoms with van der Waals surface area (Å²) >= 11 is 1.40. The third kappa shape index (κ3) is 3.13. The second-order valence-electron chi connectivity index (χ2n) is 4.18. The Labute approximate surface area is 115 Å². The average molecular weight is 284 g/mol. The first-order valence-electron chi connectivity index (χ1n) is 6.15. The van der Waals surface area contributed by atoms with Gasteiger partial charge in [-0.2, -0.15) is 0 Å². The van der Waals surface area contributed by atoms with Crippen LogP contribution in [0.15, 0.2) is 11.4 Å². The first-order chi connectivity index (χ1) is 9.13. The van der Waals surface area contributed by atoms with E-state index in [0.29, 0.717) is 18.2 Å². The van der Waals surface area contributed by atoms with Gasteiger partial charge in [0.1, 0.15) is 6.33 Å². The van der Waals surface area contributed by atoms with Crippen molar-refractivity contribution in [2.24, 2.45) is 0 Å². The molecular weight excluding hydrogens is 268 g/mol. The van der Waals surface area contributed by atoms with E-state index in [1.807, 2.05) is 13.8 Å². The Morgan fingerprint density at radius 3 is 3.00 bits per heavy atom. The molecule has 1 aliphatic heterocycles. The number of nitro groups is 1. The Hall–Kier alpha value is -1.41. The quantitative estimate of drug-likeness (QED) is 0.503. The number of hydrogen-bond acceptors (Lipinski definition) is 7. The van der Waals surface area contributed by atoms with Gasteiger partial charge in [0.2, 0.25) is 5.82 Å². The fourth-order valence-corrected chi connectivity index (χ4v) is 3.08. The predicted molar refractivity (Wildman–Crippen MR) is 72.5 cm³/mol. The number of hydrogen-bond donors (Lipinski definition) is 1. The topological polar surface area (TPSA) is 90.2 Å². The van der Waals surface area contributed by atoms with Gasteiger partial charge in [-0.1, -0.05) is 11.8 Å². The van der Waals surface area contributed by atoms with Crippen LogP contribution in [0.1, 0.15) is 20.3 Å². The van der Waals surface area contributed by atoms with E-state index in [4.69, 9.17) is 4.74 Å². The highest BCUT2D eigenvalue weighted by molar-refractivity contribution is 8.00. The molecule has 0 aliphatic carbocycles. The van der Waals surface area contributed by atoms with Crippen LogP contribution in [-0.4, -0.2) is 39.4 Å². The number of anilines is 1. The summed E-state index contributed by atoms with van der Waals surface area (Å²) in [5.41, 5.74) is -0.0477. The molecule has 104 valence electrons. The van der Waals surface area contributed by atoms with Gasteiger partial charge in [0.05, 0.1) is 11.0 Å². The summed E-state index contributed by atoms with van der Waals surface area (Å²) in [4.78, 5) is 18.8. The van der Waals surface area contributed by atoms with Crippen LogP contribution in [0, 0.1) is 10.1 Å². The SMILES string of the molecule is CCNc1ncnc(SC2CCOC2C)c1[N+](=O)[O-]. The second kappa shape index (κ2) is 6.16. The molecule has 0 amide bonds. The highest BCUT2D eigenvalue weighted by Gasteiger charge is 2.30. The Morgan fingerprint density at radius 1 is 1.63 bits per heavy atom. The maximum Gasteiger partial charge on any atom is 0.343 e. The molecule has 0 saturated carbocycles. The van der Waals surface area contributed by atoms with Crippen molar-refractivity contribution in [3.63, 3.8) is 0 Å². The molecule has 0 bridgehead atoms. The number of thioether (sulfide) groups is 1. The molecule has 1 fully saturated rings. The minimum absolute atomic E-state index is 0.0477. The lowest BCUT2D eigenvalue weighted by Crippen LogP contribution is -2.14. The van der Waals surface area contributed by atoms with Crippen LogP contribution in [0.2, 0.25) is 0 Å². The van der Waals surface area contributed by atoms with E-state index in [1.54, 1.807) is 0 Å². The summed E-state index contributed by atoms with van der Waals surface area (Å²) in [5, 5.41) is 14.7. The van der Waals surface area contributed by atoms with Crippen LogP contribution < -0.4 is 5.32 Å². The van der Waals surface area contributed by atoms with E-state index >= 15 is 0 Å². The predicted octanol–water partition coefficient (Wildman–Crippen LogP) is 2.09. The molecule has 2 rings (SSSR count). The van der Waals surface area contributed by atoms with Crippen molar-refractivity contribution in [3.8, 4) is 0 Å². The van der Waals surface area contributed by atoms with Crippen molar-refractivity contribution in [1.82, 2.24) is 9.97 Å². The standard InChI is InChI=1S/C11H16N4O3S/c1-3-12-10-9(15(16)17)11(14-6-13-10)19-8-4-5-18-7(8)2/h6-8H,3-5H2,1-2H3,(H,12,13,14). The van der Waals surface area contributed by atoms with Crippen LogP contribution in [0.4, 0.5) is 11.5 Å². The summed E-state index contributed by atoms with van der Waals surface area (Å²) in [7, 11) is 0. The van der Waals surface area contributed by atoms with Crippen molar-refractivity contribution in [1.29, 1.82) is 0 Å². The van der Waals surface area contributed by atoms with E-state index in [2.05, 4.69) is 15.3 Å². The highest BCUT2D eigenvalue weighted by atomic mass is 32.2. The maximum atomic E-state index is 11.2. The Bertz CT molecular complexity index is 471. The number of nitrogens with zero attached hydrogens (tertiary/aromatic N) is 3. The molecular formula is C11H16N4O3S. The molecule has 1 aromatic heterocycles. The minimum atomic E-state index is -0.430. The molecule has 7 nitrogen and oxygen atoms in total. The van der Waals surface area contributed by atoms with Gasteiger partial charge < -0.3 is 10.1 Å². The highest BCUT2D eigenvalue weighted by Crippen LogP contribution is 2.38. The summed E-state index contributed by atoms with van der Waals surface area (Å²) < 4.78 is 5.47. The summed E-state index contributed by atoms with van der Waals surface area (Å²) in [5.74, 6) is 0.275. The first kappa shape index (κ1) is 14.0. The smallest absolute Gasteiger partial charge is 0.343 e. The Morgan fingerprint density at radius 2 is 2.42 bits per heavy atom. The molecule has 0 radical (unpaired) electrons. The van der Waals surface area contributed by atoms with Gasteiger partial charge in [-0.15, -0.1) is 0 Å². The fourth-order valence-electron chi connectivity index (χ4n) is 1.92. The largest absolute Gasteiger partial charge is 0.377 e. The number of nitrogens with one attached hydrogen (secondary N) is 1. The summed E-state index contributed by atoms with van der Waals surface area (Å²) in [6.45, 7) is 5.11. The van der Waals surface area contributed by atoms with E-state index in [9.17, 15) is 10.1 Å². The number of aromatic nitrogens is 2. The van der Waals surface area contributed by atoms with Crippen molar-refractivity contribution in [2.75, 3.05) is 18.5 Å². The lowest BCUT2D eigenvalue weighted by atomic mass is 10.3. The third-order valence-corrected chi connectivity index (χ3v) is 4.33. The molecule has 1 aromatic rings. The van der Waals surface area contributed by atoms with Crippen molar-refractivity contribution < 1.29 is 9.66 Å². The zero-order valence-corrected chi connectivity index (χ0v) is 11.6. The zero-order valence-electron chi connectivity index (χ0n) is 10.8. The second-order valence-corrected chi connectivity index (χ2v) is 5.41. The molecule has 0 aromatic carbocycles. The monoisotopic (exact) mass is 284 g/mol. The summed E-state index contributed by atoms with van der Waals surface area (Å²) in [6, 6.07) is 0. The fraction of sp³-hybridized carbons (Fsp3) is 0.636. The van der Waals surface area contributed by atoms with Crippen molar-refractivity contribution in [2.45, 2.75) is 36.6 Å². The molecule has 2 unspecified atom stereocenters. The molecule has 1 aliphatic rings. The van der Waals surface area contributed by atoms with Gasteiger partial charge in [0.25, 0.3) is 0 Å². The normalized spacial score (nSPS) is 22.4. The lowest BCUT2D eigenvalue weighted by molar-refractivity contribution is -0.387. The molecule has 1 N–H and O–H groups in total. The number of rotatable bonds is 5. The van der Waals surface area contributed by atoms with E-state index < -0.39 is 4.92 Å². The van der Waals surface area contributed by atoms with E-state index in [-0.39, 0.29) is 22.9 Å². The van der Waals surface area contributed by atoms with Crippen molar-refractivity contribution >= 4 is 23.3 Å². The van der Waals surface area contributed by atoms with Gasteiger partial charge in [0, 0.05) is 18.4 Å². The zero-order chi connectivity index (χ0) is 13.8. The van der Waals surface area contributed by atoms with E-state index in [1.165, 1.54) is 18.1 Å². The van der Waals surface area contributed by atoms with Crippen LogP contribution in [0.5, 0.6) is 0 Å². The van der Waals surface area contributed by atoms with Gasteiger partial charge in [-0.05, 0) is 20.3 Å². The summed E-state index contributed by atoms with van der Waals surface area (Å²) in [6.07, 6.45) is 2.32. The minimum Gasteiger partial charge on any atom is -0.377 e. The molecule has 2 heterocycles.